The van der Waals surface area contributed by atoms with Crippen LogP contribution in [0.3, 0.4) is 0 Å². The largest absolute Gasteiger partial charge is 0.476 e. The van der Waals surface area contributed by atoms with Gasteiger partial charge in [-0.15, -0.1) is 0 Å². The third kappa shape index (κ3) is 2.61. The number of carbonyl (C=O) groups is 1. The highest BCUT2D eigenvalue weighted by Gasteiger charge is 2.29. The fourth-order valence-electron chi connectivity index (χ4n) is 3.42. The maximum absolute atomic E-state index is 12.5. The number of aromatic nitrogens is 3. The van der Waals surface area contributed by atoms with Crippen molar-refractivity contribution in [2.75, 3.05) is 11.0 Å². The number of rotatable bonds is 4. The molecule has 0 spiro atoms. The first kappa shape index (κ1) is 17.7. The lowest BCUT2D eigenvalue weighted by Gasteiger charge is -2.09. The predicted octanol–water partition coefficient (Wildman–Crippen LogP) is 0.508. The summed E-state index contributed by atoms with van der Waals surface area (Å²) in [5.74, 6) is 0.134. The van der Waals surface area contributed by atoms with Crippen LogP contribution < -0.4 is 10.3 Å². The van der Waals surface area contributed by atoms with Crippen LogP contribution >= 0.6 is 0 Å². The normalized spacial score (nSPS) is 12.3. The minimum Gasteiger partial charge on any atom is -0.476 e. The van der Waals surface area contributed by atoms with Gasteiger partial charge in [0, 0.05) is 18.1 Å². The third-order valence-corrected chi connectivity index (χ3v) is 4.99. The summed E-state index contributed by atoms with van der Waals surface area (Å²) in [5, 5.41) is 9.36. The van der Waals surface area contributed by atoms with Crippen LogP contribution in [-0.4, -0.2) is 46.1 Å². The number of carbonyl (C=O) groups excluding carboxylic acids is 1. The van der Waals surface area contributed by atoms with E-state index >= 15 is 0 Å². The molecule has 2 aromatic heterocycles. The van der Waals surface area contributed by atoms with Crippen molar-refractivity contribution in [3.05, 3.63) is 51.2 Å². The van der Waals surface area contributed by atoms with E-state index in [1.807, 2.05) is 0 Å². The van der Waals surface area contributed by atoms with Crippen LogP contribution in [0.1, 0.15) is 27.4 Å². The van der Waals surface area contributed by atoms with Gasteiger partial charge in [-0.25, -0.2) is 23.0 Å². The SMILES string of the molecule is CS(=O)(=O)Nc1cccc2c1Cc1c-2[nH]c(=O)c2nc(C(=O)O)c(C=C=O)n12. The Labute approximate surface area is 157 Å². The second-order valence-corrected chi connectivity index (χ2v) is 7.98. The highest BCUT2D eigenvalue weighted by atomic mass is 32.2. The molecule has 10 nitrogen and oxygen atoms in total. The number of carboxylic acid groups (broad SMARTS) is 1. The molecule has 1 aliphatic carbocycles. The molecule has 0 radical (unpaired) electrons. The lowest BCUT2D eigenvalue weighted by molar-refractivity contribution is 0.0691. The maximum atomic E-state index is 12.5. The summed E-state index contributed by atoms with van der Waals surface area (Å²) >= 11 is 0. The summed E-state index contributed by atoms with van der Waals surface area (Å²) in [6.45, 7) is 0. The summed E-state index contributed by atoms with van der Waals surface area (Å²) in [4.78, 5) is 41.4. The van der Waals surface area contributed by atoms with Crippen LogP contribution in [-0.2, 0) is 21.2 Å². The number of imidazole rings is 1. The van der Waals surface area contributed by atoms with Gasteiger partial charge in [0.2, 0.25) is 15.7 Å². The summed E-state index contributed by atoms with van der Waals surface area (Å²) in [6, 6.07) is 4.93. The Morgan fingerprint density at radius 1 is 1.43 bits per heavy atom. The molecule has 0 fully saturated rings. The number of benzene rings is 1. The monoisotopic (exact) mass is 400 g/mol. The average molecular weight is 400 g/mol. The number of H-pyrrole nitrogens is 1. The first-order valence-electron chi connectivity index (χ1n) is 7.93. The van der Waals surface area contributed by atoms with Crippen molar-refractivity contribution in [2.24, 2.45) is 0 Å². The Morgan fingerprint density at radius 3 is 2.82 bits per heavy atom. The Morgan fingerprint density at radius 2 is 2.18 bits per heavy atom. The molecule has 1 aromatic carbocycles. The number of aromatic carboxylic acids is 1. The number of hydrogen-bond acceptors (Lipinski definition) is 6. The molecule has 0 amide bonds. The van der Waals surface area contributed by atoms with Crippen molar-refractivity contribution in [2.45, 2.75) is 6.42 Å². The molecule has 0 atom stereocenters. The Balaban J connectivity index is 2.06. The zero-order valence-corrected chi connectivity index (χ0v) is 15.1. The molecule has 142 valence electrons. The van der Waals surface area contributed by atoms with E-state index in [1.165, 1.54) is 10.3 Å². The molecule has 4 rings (SSSR count). The fraction of sp³-hybridized carbons (Fsp3) is 0.118. The first-order chi connectivity index (χ1) is 13.2. The number of hydrogen-bond donors (Lipinski definition) is 3. The van der Waals surface area contributed by atoms with Crippen LogP contribution in [0.4, 0.5) is 5.69 Å². The van der Waals surface area contributed by atoms with Crippen molar-refractivity contribution in [3.8, 4) is 11.3 Å². The highest BCUT2D eigenvalue weighted by Crippen LogP contribution is 2.39. The summed E-state index contributed by atoms with van der Waals surface area (Å²) in [7, 11) is -3.54. The number of sulfonamides is 1. The molecule has 0 unspecified atom stereocenters. The first-order valence-corrected chi connectivity index (χ1v) is 9.82. The molecular formula is C17H12N4O6S. The Bertz CT molecular complexity index is 1390. The summed E-state index contributed by atoms with van der Waals surface area (Å²) < 4.78 is 27.1. The Hall–Kier alpha value is -3.69. The quantitative estimate of drug-likeness (QED) is 0.422. The average Bonchev–Trinajstić information content (AvgIpc) is 3.14. The van der Waals surface area contributed by atoms with Crippen LogP contribution in [0.25, 0.3) is 23.0 Å². The van der Waals surface area contributed by atoms with E-state index in [4.69, 9.17) is 0 Å². The molecule has 3 N–H and O–H groups in total. The van der Waals surface area contributed by atoms with E-state index in [0.29, 0.717) is 28.2 Å². The van der Waals surface area contributed by atoms with Crippen LogP contribution in [0, 0.1) is 0 Å². The van der Waals surface area contributed by atoms with E-state index in [0.717, 1.165) is 12.3 Å². The molecule has 2 heterocycles. The standard InChI is InChI=1S/C17H12N4O6S/c1-28(26,27)20-10-4-2-3-8-9(10)7-12-13(8)19-16(23)15-18-14(17(24)25)11(5-6-22)21(12)15/h2-5,20H,7H2,1H3,(H,19,23)(H,24,25). The lowest BCUT2D eigenvalue weighted by Crippen LogP contribution is -2.14. The lowest BCUT2D eigenvalue weighted by atomic mass is 10.1. The van der Waals surface area contributed by atoms with Gasteiger partial charge in [0.15, 0.2) is 5.69 Å². The van der Waals surface area contributed by atoms with Gasteiger partial charge in [0.1, 0.15) is 5.94 Å². The molecule has 0 aliphatic heterocycles. The summed E-state index contributed by atoms with van der Waals surface area (Å²) in [6.07, 6.45) is 2.12. The van der Waals surface area contributed by atoms with E-state index in [-0.39, 0.29) is 17.8 Å². The van der Waals surface area contributed by atoms with Gasteiger partial charge < -0.3 is 10.1 Å². The highest BCUT2D eigenvalue weighted by molar-refractivity contribution is 7.92. The van der Waals surface area contributed by atoms with Crippen LogP contribution in [0.15, 0.2) is 23.0 Å². The van der Waals surface area contributed by atoms with Gasteiger partial charge in [0.25, 0.3) is 5.56 Å². The van der Waals surface area contributed by atoms with Gasteiger partial charge in [-0.1, -0.05) is 12.1 Å². The van der Waals surface area contributed by atoms with Crippen molar-refractivity contribution < 1.29 is 23.1 Å². The second kappa shape index (κ2) is 5.91. The predicted molar refractivity (Wildman–Crippen MR) is 99.6 cm³/mol. The number of nitrogens with zero attached hydrogens (tertiary/aromatic N) is 2. The van der Waals surface area contributed by atoms with Crippen molar-refractivity contribution in [3.63, 3.8) is 0 Å². The third-order valence-electron chi connectivity index (χ3n) is 4.40. The van der Waals surface area contributed by atoms with Gasteiger partial charge in [-0.2, -0.15) is 0 Å². The number of carboxylic acids is 1. The van der Waals surface area contributed by atoms with Gasteiger partial charge in [-0.05, 0) is 11.6 Å². The summed E-state index contributed by atoms with van der Waals surface area (Å²) in [5.41, 5.74) is 1.08. The van der Waals surface area contributed by atoms with Crippen molar-refractivity contribution in [1.82, 2.24) is 14.4 Å². The van der Waals surface area contributed by atoms with E-state index in [1.54, 1.807) is 18.2 Å². The van der Waals surface area contributed by atoms with Crippen molar-refractivity contribution in [1.29, 1.82) is 0 Å². The zero-order chi connectivity index (χ0) is 20.2. The number of fused-ring (bicyclic) bond motifs is 5. The van der Waals surface area contributed by atoms with Gasteiger partial charge >= 0.3 is 5.97 Å². The molecular weight excluding hydrogens is 388 g/mol. The fourth-order valence-corrected chi connectivity index (χ4v) is 4.01. The van der Waals surface area contributed by atoms with E-state index in [9.17, 15) is 27.9 Å². The van der Waals surface area contributed by atoms with E-state index in [2.05, 4.69) is 14.7 Å². The molecule has 0 saturated carbocycles. The number of nitrogens with one attached hydrogen (secondary N) is 2. The topological polar surface area (TPSA) is 151 Å². The minimum atomic E-state index is -3.54. The smallest absolute Gasteiger partial charge is 0.356 e. The molecule has 1 aliphatic rings. The van der Waals surface area contributed by atoms with Crippen molar-refractivity contribution >= 4 is 39.3 Å². The van der Waals surface area contributed by atoms with Crippen LogP contribution in [0.2, 0.25) is 0 Å². The van der Waals surface area contributed by atoms with Gasteiger partial charge in [0.05, 0.1) is 29.0 Å². The molecule has 0 saturated heterocycles. The molecule has 0 bridgehead atoms. The molecule has 11 heteroatoms. The minimum absolute atomic E-state index is 0.0784. The second-order valence-electron chi connectivity index (χ2n) is 6.23. The molecule has 28 heavy (non-hydrogen) atoms. The van der Waals surface area contributed by atoms with Crippen LogP contribution in [0.5, 0.6) is 0 Å². The molecule has 3 aromatic rings. The maximum Gasteiger partial charge on any atom is 0.356 e. The number of aromatic amines is 1. The van der Waals surface area contributed by atoms with Gasteiger partial charge in [-0.3, -0.25) is 13.9 Å². The van der Waals surface area contributed by atoms with E-state index < -0.39 is 27.2 Å². The number of anilines is 1. The Kier molecular flexibility index (Phi) is 3.74. The zero-order valence-electron chi connectivity index (χ0n) is 14.3.